The number of amides is 1. The van der Waals surface area contributed by atoms with Crippen LogP contribution in [0.5, 0.6) is 0 Å². The zero-order valence-corrected chi connectivity index (χ0v) is 70.2. The molecule has 1 amide bonds. The zero-order valence-electron chi connectivity index (χ0n) is 67.3. The van der Waals surface area contributed by atoms with Gasteiger partial charge in [-0.15, -0.1) is 0 Å². The van der Waals surface area contributed by atoms with Gasteiger partial charge in [0.05, 0.1) is 116 Å². The maximum absolute atomic E-state index is 13.2. The summed E-state index contributed by atoms with van der Waals surface area (Å²) in [5.74, 6) is -0.460. The lowest BCUT2D eigenvalue weighted by molar-refractivity contribution is -0.317. The highest BCUT2D eigenvalue weighted by molar-refractivity contribution is 14.1. The van der Waals surface area contributed by atoms with Gasteiger partial charge < -0.3 is 101 Å². The highest BCUT2D eigenvalue weighted by atomic mass is 127. The monoisotopic (exact) mass is 1900 g/mol. The minimum atomic E-state index is -5.90. The van der Waals surface area contributed by atoms with Crippen LogP contribution in [0.15, 0.2) is 150 Å². The molecule has 10 aromatic rings. The minimum absolute atomic E-state index is 0.00948. The quantitative estimate of drug-likeness (QED) is 0.0134. The number of aromatic amines is 2. The van der Waals surface area contributed by atoms with Crippen molar-refractivity contribution in [1.29, 1.82) is 0 Å². The third kappa shape index (κ3) is 20.7. The Hall–Kier alpha value is -9.29. The van der Waals surface area contributed by atoms with Crippen LogP contribution < -0.4 is 27.9 Å². The number of benzene rings is 4. The summed E-state index contributed by atoms with van der Waals surface area (Å²) in [7, 11) is -5.90. The Morgan fingerprint density at radius 3 is 1.20 bits per heavy atom. The standard InChI is InChI=1S/C24H28FN5O6.C20H21FIN5O4.C20H22FN5O5.C16H18F4O7S/c1-13(2)21(31)28-24-27-20-17(22(32)29-24)26-12-30(20)15-10-34-16-11-35-23(14-6-4-3-5-7-14)36-19(16)18(15)33-9-8-25;21-6-7-28-15-12(27-10-24-14-17(22)25-20(23)26-18(14)27)8-29-13-9-30-19(31-16(13)15)11-4-2-1-3-5-11;21-6-7-28-15-12(26-10-23-14-17(26)24-20(22)25-18(14)27)8-29-13-9-30-19(31-16(13)15)11-4-2-1-3-5-11;17-6-7-23-13-12(27-28(21,22)16(18,19)20)9-24-11-8-25-15(26-14(11)13)10-4-2-1-3-5-10/h3-7,12-13,15-16,18-19,23H,8-11H2,1-2H3,(H2,27,28,29,31,32);1-5,10,12-13,15-16,19H,6-9H2,(H2,23,25,26);1-5,10,12-13,15-16,19H,6-9H2,(H3,22,24,25,27);1-5,11-15H,6-9H2/t15-,16-,18+,19-,23?;2*12-,13-,15+,16-,19?;11-,12+,13+,14-,15?/m1111/s1. The van der Waals surface area contributed by atoms with Gasteiger partial charge in [-0.05, 0) is 22.6 Å². The van der Waals surface area contributed by atoms with Crippen molar-refractivity contribution in [3.8, 4) is 0 Å². The Morgan fingerprint density at radius 1 is 0.484 bits per heavy atom. The first-order valence-electron chi connectivity index (χ1n) is 40.1. The van der Waals surface area contributed by atoms with Crippen molar-refractivity contribution >= 4 is 90.0 Å². The minimum Gasteiger partial charge on any atom is -0.371 e. The number of imidazole rings is 3. The largest absolute Gasteiger partial charge is 0.523 e. The number of aromatic nitrogens is 12. The molecule has 0 radical (unpaired) electrons. The molecule has 8 aliphatic heterocycles. The van der Waals surface area contributed by atoms with Crippen molar-refractivity contribution in [1.82, 2.24) is 58.6 Å². The number of carbonyl (C=O) groups excluding carboxylic acids is 1. The molecule has 0 spiro atoms. The fraction of sp³-hybridized carbons (Fsp3) is 0.500. The van der Waals surface area contributed by atoms with Crippen molar-refractivity contribution in [2.24, 2.45) is 5.92 Å². The molecule has 7 N–H and O–H groups in total. The number of rotatable bonds is 23. The normalized spacial score (nSPS) is 28.5. The summed E-state index contributed by atoms with van der Waals surface area (Å²) in [6.45, 7) is 1.02. The second-order valence-corrected chi connectivity index (χ2v) is 32.5. The molecule has 37 nitrogen and oxygen atoms in total. The number of ether oxygens (including phenoxy) is 16. The molecule has 4 unspecified atom stereocenters. The number of nitrogens with two attached hydrogens (primary N) is 2. The first kappa shape index (κ1) is 91.5. The number of H-pyrrole nitrogens is 2. The van der Waals surface area contributed by atoms with E-state index in [9.17, 15) is 53.5 Å². The van der Waals surface area contributed by atoms with Gasteiger partial charge in [-0.3, -0.25) is 33.9 Å². The summed E-state index contributed by atoms with van der Waals surface area (Å²) in [5, 5.41) is 2.61. The second-order valence-electron chi connectivity index (χ2n) is 29.9. The number of alkyl halides is 7. The van der Waals surface area contributed by atoms with E-state index in [1.54, 1.807) is 59.6 Å². The van der Waals surface area contributed by atoms with E-state index < -0.39 is 171 Å². The number of nitrogens with one attached hydrogen (secondary N) is 3. The fourth-order valence-corrected chi connectivity index (χ4v) is 16.8. The van der Waals surface area contributed by atoms with Gasteiger partial charge in [0.25, 0.3) is 11.1 Å². The number of carbonyl (C=O) groups is 1. The SMILES string of the molecule is CC(C)C(=O)Nc1nc2c(ncn2[C@@H]2CO[C@@H]3COC(c4ccccc4)O[C@H]3[C@H]2OCCF)c(=O)[nH]1.Nc1nc(I)c2ncn([C@@H]3CO[C@@H]4COC(c5ccccc5)O[C@H]4[C@H]3OCCF)c2n1.Nc1nc2c(ncn2[C@@H]2CO[C@@H]3COC(c4ccccc4)O[C@H]3[C@H]2OCCF)c(=O)[nH]1.O=S(=O)(O[C@H]1CO[C@@H]2COC(c3ccccc3)O[C@H]2[C@H]1OCCF)C(F)(F)F. The predicted octanol–water partition coefficient (Wildman–Crippen LogP) is 7.74. The highest BCUT2D eigenvalue weighted by Crippen LogP contribution is 2.43. The van der Waals surface area contributed by atoms with Crippen molar-refractivity contribution < 1.29 is 124 Å². The smallest absolute Gasteiger partial charge is 0.371 e. The Kier molecular flexibility index (Phi) is 30.1. The molecule has 18 rings (SSSR count). The van der Waals surface area contributed by atoms with Gasteiger partial charge >= 0.3 is 15.6 Å². The first-order chi connectivity index (χ1) is 61.0. The molecule has 678 valence electrons. The average molecular weight is 1900 g/mol. The Balaban J connectivity index is 0.000000130. The fourth-order valence-electron chi connectivity index (χ4n) is 15.6. The lowest BCUT2D eigenvalue weighted by Crippen LogP contribution is -2.60. The van der Waals surface area contributed by atoms with Crippen LogP contribution in [0, 0.1) is 9.62 Å². The van der Waals surface area contributed by atoms with Crippen molar-refractivity contribution in [2.75, 3.05) is 123 Å². The summed E-state index contributed by atoms with van der Waals surface area (Å²) in [6.07, 6.45) is -7.16. The number of nitrogens with zero attached hydrogens (tertiary/aromatic N) is 10. The average Bonchev–Trinajstić information content (AvgIpc) is 1.52. The number of hydrogen-bond acceptors (Lipinski definition) is 31. The summed E-state index contributed by atoms with van der Waals surface area (Å²) >= 11 is 2.07. The van der Waals surface area contributed by atoms with Gasteiger partial charge in [0, 0.05) is 28.2 Å². The topological polar surface area (TPSA) is 443 Å². The molecular formula is C80H89F7IN15O22S. The third-order valence-corrected chi connectivity index (χ3v) is 23.3. The van der Waals surface area contributed by atoms with Crippen LogP contribution in [0.2, 0.25) is 0 Å². The van der Waals surface area contributed by atoms with Crippen LogP contribution in [0.4, 0.5) is 48.6 Å². The van der Waals surface area contributed by atoms with E-state index in [4.69, 9.17) is 87.3 Å². The summed E-state index contributed by atoms with van der Waals surface area (Å²) in [5.41, 5.74) is 10.3. The Bertz CT molecular complexity index is 5500. The second kappa shape index (κ2) is 41.4. The number of nitrogen functional groups attached to an aromatic ring is 2. The van der Waals surface area contributed by atoms with E-state index >= 15 is 0 Å². The maximum atomic E-state index is 13.2. The summed E-state index contributed by atoms with van der Waals surface area (Å²) in [4.78, 5) is 72.0. The molecule has 8 aliphatic rings. The van der Waals surface area contributed by atoms with Crippen LogP contribution in [-0.4, -0.2) is 264 Å². The molecular weight excluding hydrogens is 1810 g/mol. The third-order valence-electron chi connectivity index (χ3n) is 21.4. The van der Waals surface area contributed by atoms with E-state index in [-0.39, 0.29) is 111 Å². The number of hydrogen-bond donors (Lipinski definition) is 5. The molecule has 0 bridgehead atoms. The van der Waals surface area contributed by atoms with Gasteiger partial charge in [-0.1, -0.05) is 135 Å². The van der Waals surface area contributed by atoms with E-state index in [1.165, 1.54) is 12.7 Å². The summed E-state index contributed by atoms with van der Waals surface area (Å²) in [6, 6.07) is 36.0. The summed E-state index contributed by atoms with van der Waals surface area (Å²) < 4.78 is 217. The molecule has 0 aliphatic carbocycles. The van der Waals surface area contributed by atoms with Crippen LogP contribution in [-0.2, 0) is 94.9 Å². The van der Waals surface area contributed by atoms with Gasteiger partial charge in [0.1, 0.15) is 115 Å². The molecule has 8 saturated heterocycles. The maximum Gasteiger partial charge on any atom is 0.523 e. The number of fused-ring (bicyclic) bond motifs is 7. The Labute approximate surface area is 726 Å². The lowest BCUT2D eigenvalue weighted by Gasteiger charge is -2.46. The first-order valence-corrected chi connectivity index (χ1v) is 42.6. The Morgan fingerprint density at radius 2 is 0.825 bits per heavy atom. The molecule has 8 fully saturated rings. The molecule has 0 saturated carbocycles. The van der Waals surface area contributed by atoms with E-state index in [0.29, 0.717) is 45.9 Å². The van der Waals surface area contributed by atoms with Gasteiger partial charge in [0.15, 0.2) is 53.1 Å². The lowest BCUT2D eigenvalue weighted by atomic mass is 9.96. The van der Waals surface area contributed by atoms with E-state index in [0.717, 1.165) is 16.7 Å². The van der Waals surface area contributed by atoms with Crippen molar-refractivity contribution in [3.05, 3.63) is 187 Å². The van der Waals surface area contributed by atoms with Crippen molar-refractivity contribution in [2.45, 2.75) is 142 Å². The van der Waals surface area contributed by atoms with E-state index in [1.807, 2.05) is 95.6 Å². The van der Waals surface area contributed by atoms with Gasteiger partial charge in [-0.2, -0.15) is 36.5 Å². The molecule has 20 atom stereocenters. The van der Waals surface area contributed by atoms with E-state index in [2.05, 4.69) is 76.9 Å². The number of halogens is 8. The number of anilines is 3. The van der Waals surface area contributed by atoms with Crippen LogP contribution >= 0.6 is 22.6 Å². The molecule has 14 heterocycles. The van der Waals surface area contributed by atoms with Crippen LogP contribution in [0.1, 0.15) is 79.4 Å². The molecule has 4 aromatic carbocycles. The zero-order chi connectivity index (χ0) is 88.3. The molecule has 6 aromatic heterocycles. The molecule has 46 heteroatoms. The van der Waals surface area contributed by atoms with Crippen LogP contribution in [0.25, 0.3) is 33.5 Å². The predicted molar refractivity (Wildman–Crippen MR) is 435 cm³/mol. The van der Waals surface area contributed by atoms with Crippen molar-refractivity contribution in [3.63, 3.8) is 0 Å². The highest BCUT2D eigenvalue weighted by Gasteiger charge is 2.56. The molecule has 126 heavy (non-hydrogen) atoms. The van der Waals surface area contributed by atoms with Gasteiger partial charge in [-0.25, -0.2) is 37.5 Å². The van der Waals surface area contributed by atoms with Crippen LogP contribution in [0.3, 0.4) is 0 Å². The van der Waals surface area contributed by atoms with Gasteiger partial charge in [0.2, 0.25) is 23.8 Å².